The Hall–Kier alpha value is -2.50. The molecule has 0 spiro atoms. The summed E-state index contributed by atoms with van der Waals surface area (Å²) in [6.45, 7) is 1.50. The van der Waals surface area contributed by atoms with Crippen molar-refractivity contribution in [2.75, 3.05) is 17.6 Å². The van der Waals surface area contributed by atoms with Crippen molar-refractivity contribution in [2.24, 2.45) is 0 Å². The van der Waals surface area contributed by atoms with Crippen LogP contribution in [0.2, 0.25) is 0 Å². The zero-order valence-electron chi connectivity index (χ0n) is 13.0. The van der Waals surface area contributed by atoms with E-state index >= 15 is 0 Å². The van der Waals surface area contributed by atoms with Gasteiger partial charge >= 0.3 is 0 Å². The topological polar surface area (TPSA) is 102 Å². The van der Waals surface area contributed by atoms with Crippen LogP contribution in [0.1, 0.15) is 17.7 Å². The van der Waals surface area contributed by atoms with Crippen LogP contribution in [0.3, 0.4) is 0 Å². The lowest BCUT2D eigenvalue weighted by Crippen LogP contribution is -2.11. The lowest BCUT2D eigenvalue weighted by atomic mass is 10.1. The van der Waals surface area contributed by atoms with Gasteiger partial charge in [-0.2, -0.15) is 5.26 Å². The van der Waals surface area contributed by atoms with Crippen molar-refractivity contribution < 1.29 is 8.76 Å². The van der Waals surface area contributed by atoms with Crippen LogP contribution in [-0.2, 0) is 24.2 Å². The number of hydrogen-bond donors (Lipinski definition) is 2. The molecule has 8 heteroatoms. The van der Waals surface area contributed by atoms with E-state index in [2.05, 4.69) is 21.5 Å². The SMILES string of the molecule is N#CN1Cc2nc(NCCCS(=O)O)nc(-c3ccccc3)c2C1. The van der Waals surface area contributed by atoms with Gasteiger partial charge in [0.1, 0.15) is 0 Å². The highest BCUT2D eigenvalue weighted by atomic mass is 32.2. The molecule has 2 heterocycles. The molecule has 3 rings (SSSR count). The van der Waals surface area contributed by atoms with Crippen molar-refractivity contribution in [2.45, 2.75) is 19.5 Å². The number of benzene rings is 1. The van der Waals surface area contributed by atoms with Gasteiger partial charge in [-0.25, -0.2) is 14.2 Å². The van der Waals surface area contributed by atoms with Crippen LogP contribution in [0, 0.1) is 11.5 Å². The van der Waals surface area contributed by atoms with E-state index < -0.39 is 11.1 Å². The van der Waals surface area contributed by atoms with Gasteiger partial charge in [0, 0.05) is 17.7 Å². The van der Waals surface area contributed by atoms with E-state index in [1.165, 1.54) is 0 Å². The minimum absolute atomic E-state index is 0.214. The molecule has 1 atom stereocenters. The number of fused-ring (bicyclic) bond motifs is 1. The maximum absolute atomic E-state index is 10.7. The first kappa shape index (κ1) is 16.4. The van der Waals surface area contributed by atoms with Crippen molar-refractivity contribution in [1.29, 1.82) is 5.26 Å². The number of anilines is 1. The fourth-order valence-electron chi connectivity index (χ4n) is 2.64. The van der Waals surface area contributed by atoms with Gasteiger partial charge in [0.25, 0.3) is 0 Å². The fourth-order valence-corrected chi connectivity index (χ4v) is 3.03. The predicted molar refractivity (Wildman–Crippen MR) is 91.1 cm³/mol. The smallest absolute Gasteiger partial charge is 0.223 e. The summed E-state index contributed by atoms with van der Waals surface area (Å²) in [6.07, 6.45) is 2.71. The van der Waals surface area contributed by atoms with Crippen molar-refractivity contribution >= 4 is 17.0 Å². The third kappa shape index (κ3) is 3.69. The van der Waals surface area contributed by atoms with Gasteiger partial charge in [0.05, 0.1) is 30.2 Å². The molecule has 0 amide bonds. The molecular weight excluding hydrogens is 326 g/mol. The number of nitriles is 1. The highest BCUT2D eigenvalue weighted by Crippen LogP contribution is 2.30. The van der Waals surface area contributed by atoms with E-state index in [0.29, 0.717) is 32.0 Å². The Bertz CT molecular complexity index is 791. The molecule has 7 nitrogen and oxygen atoms in total. The Morgan fingerprint density at radius 3 is 2.79 bits per heavy atom. The van der Waals surface area contributed by atoms with E-state index in [1.807, 2.05) is 30.3 Å². The quantitative estimate of drug-likeness (QED) is 0.469. The molecule has 24 heavy (non-hydrogen) atoms. The van der Waals surface area contributed by atoms with Crippen LogP contribution < -0.4 is 5.32 Å². The summed E-state index contributed by atoms with van der Waals surface area (Å²) in [5, 5.41) is 12.3. The van der Waals surface area contributed by atoms with E-state index in [0.717, 1.165) is 22.5 Å². The fraction of sp³-hybridized carbons (Fsp3) is 0.312. The minimum atomic E-state index is -1.79. The molecule has 1 aliphatic heterocycles. The number of rotatable bonds is 6. The second-order valence-electron chi connectivity index (χ2n) is 5.45. The van der Waals surface area contributed by atoms with Gasteiger partial charge < -0.3 is 14.8 Å². The Morgan fingerprint density at radius 1 is 1.29 bits per heavy atom. The summed E-state index contributed by atoms with van der Waals surface area (Å²) in [5.41, 5.74) is 3.63. The molecule has 1 unspecified atom stereocenters. The number of nitrogens with zero attached hydrogens (tertiary/aromatic N) is 4. The van der Waals surface area contributed by atoms with Crippen molar-refractivity contribution in [3.63, 3.8) is 0 Å². The molecule has 0 saturated carbocycles. The molecule has 0 saturated heterocycles. The first-order valence-electron chi connectivity index (χ1n) is 7.58. The molecule has 0 fully saturated rings. The monoisotopic (exact) mass is 343 g/mol. The van der Waals surface area contributed by atoms with Crippen LogP contribution in [0.4, 0.5) is 5.95 Å². The number of aromatic nitrogens is 2. The highest BCUT2D eigenvalue weighted by Gasteiger charge is 2.25. The molecule has 2 aromatic rings. The van der Waals surface area contributed by atoms with Crippen molar-refractivity contribution in [3.8, 4) is 17.5 Å². The second-order valence-corrected chi connectivity index (χ2v) is 6.50. The zero-order chi connectivity index (χ0) is 16.9. The third-order valence-corrected chi connectivity index (χ3v) is 4.39. The normalized spacial score (nSPS) is 14.1. The standard InChI is InChI=1S/C16H17N5O2S/c17-11-21-9-13-14(10-21)19-16(18-7-4-8-24(22)23)20-15(13)12-5-2-1-3-6-12/h1-3,5-6H,4,7-10H2,(H,22,23)(H,18,19,20). The van der Waals surface area contributed by atoms with Crippen LogP contribution in [0.15, 0.2) is 30.3 Å². The molecule has 1 aromatic carbocycles. The second kappa shape index (κ2) is 7.38. The van der Waals surface area contributed by atoms with Crippen LogP contribution in [0.5, 0.6) is 0 Å². The van der Waals surface area contributed by atoms with Gasteiger partial charge in [-0.05, 0) is 6.42 Å². The largest absolute Gasteiger partial charge is 0.354 e. The molecule has 124 valence electrons. The molecule has 2 N–H and O–H groups in total. The summed E-state index contributed by atoms with van der Waals surface area (Å²) in [4.78, 5) is 10.7. The first-order valence-corrected chi connectivity index (χ1v) is 8.86. The van der Waals surface area contributed by atoms with E-state index in [9.17, 15) is 4.21 Å². The molecular formula is C16H17N5O2S. The summed E-state index contributed by atoms with van der Waals surface area (Å²) in [7, 11) is 0. The predicted octanol–water partition coefficient (Wildman–Crippen LogP) is 1.96. The van der Waals surface area contributed by atoms with Crippen molar-refractivity contribution in [3.05, 3.63) is 41.6 Å². The zero-order valence-corrected chi connectivity index (χ0v) is 13.8. The Balaban J connectivity index is 1.87. The number of hydrogen-bond acceptors (Lipinski definition) is 6. The van der Waals surface area contributed by atoms with Crippen LogP contribution in [0.25, 0.3) is 11.3 Å². The summed E-state index contributed by atoms with van der Waals surface area (Å²) >= 11 is -1.79. The van der Waals surface area contributed by atoms with Gasteiger partial charge in [-0.1, -0.05) is 30.3 Å². The Labute approximate surface area is 142 Å². The lowest BCUT2D eigenvalue weighted by molar-refractivity contribution is 0.415. The molecule has 1 aromatic heterocycles. The van der Waals surface area contributed by atoms with Gasteiger partial charge in [-0.15, -0.1) is 0 Å². The van der Waals surface area contributed by atoms with Gasteiger partial charge in [-0.3, -0.25) is 0 Å². The summed E-state index contributed by atoms with van der Waals surface area (Å²) < 4.78 is 19.5. The Morgan fingerprint density at radius 2 is 2.08 bits per heavy atom. The molecule has 0 radical (unpaired) electrons. The van der Waals surface area contributed by atoms with Gasteiger partial charge in [0.15, 0.2) is 17.3 Å². The molecule has 0 aliphatic carbocycles. The van der Waals surface area contributed by atoms with E-state index in [-0.39, 0.29) is 5.75 Å². The van der Waals surface area contributed by atoms with Crippen molar-refractivity contribution in [1.82, 2.24) is 14.9 Å². The average Bonchev–Trinajstić information content (AvgIpc) is 3.02. The lowest BCUT2D eigenvalue weighted by Gasteiger charge is -2.10. The van der Waals surface area contributed by atoms with Crippen LogP contribution in [-0.4, -0.2) is 35.9 Å². The number of nitrogens with one attached hydrogen (secondary N) is 1. The summed E-state index contributed by atoms with van der Waals surface area (Å²) in [5.74, 6) is 0.696. The maximum atomic E-state index is 10.7. The molecule has 1 aliphatic rings. The summed E-state index contributed by atoms with van der Waals surface area (Å²) in [6, 6.07) is 9.81. The average molecular weight is 343 g/mol. The first-order chi connectivity index (χ1) is 11.7. The minimum Gasteiger partial charge on any atom is -0.354 e. The van der Waals surface area contributed by atoms with Crippen LogP contribution >= 0.6 is 0 Å². The highest BCUT2D eigenvalue weighted by molar-refractivity contribution is 7.79. The van der Waals surface area contributed by atoms with E-state index in [1.54, 1.807) is 4.90 Å². The van der Waals surface area contributed by atoms with Gasteiger partial charge in [0.2, 0.25) is 5.95 Å². The Kier molecular flexibility index (Phi) is 5.03. The maximum Gasteiger partial charge on any atom is 0.223 e. The van der Waals surface area contributed by atoms with E-state index in [4.69, 9.17) is 9.81 Å². The third-order valence-electron chi connectivity index (χ3n) is 3.75. The molecule has 0 bridgehead atoms.